The van der Waals surface area contributed by atoms with E-state index in [-0.39, 0.29) is 5.82 Å². The van der Waals surface area contributed by atoms with E-state index in [4.69, 9.17) is 4.99 Å². The van der Waals surface area contributed by atoms with Crippen LogP contribution in [0.1, 0.15) is 22.4 Å². The largest absolute Gasteiger partial charge is 0.355 e. The summed E-state index contributed by atoms with van der Waals surface area (Å²) in [6.45, 7) is 8.19. The van der Waals surface area contributed by atoms with Crippen LogP contribution in [-0.2, 0) is 0 Å². The van der Waals surface area contributed by atoms with Gasteiger partial charge in [-0.3, -0.25) is 0 Å². The van der Waals surface area contributed by atoms with Crippen molar-refractivity contribution >= 4 is 33.5 Å². The molecule has 1 saturated heterocycles. The number of aliphatic imine (C=N–C) groups is 1. The fraction of sp³-hybridized carbons (Fsp3) is 0.389. The summed E-state index contributed by atoms with van der Waals surface area (Å²) in [7, 11) is 0. The van der Waals surface area contributed by atoms with E-state index >= 15 is 0 Å². The highest BCUT2D eigenvalue weighted by molar-refractivity contribution is 7.16. The first-order chi connectivity index (χ1) is 11.6. The lowest BCUT2D eigenvalue weighted by atomic mass is 10.1. The third-order valence-electron chi connectivity index (χ3n) is 4.68. The molecule has 2 aromatic rings. The number of rotatable bonds is 0. The first-order valence-corrected chi connectivity index (χ1v) is 9.16. The van der Waals surface area contributed by atoms with Gasteiger partial charge >= 0.3 is 0 Å². The van der Waals surface area contributed by atoms with Crippen molar-refractivity contribution in [1.82, 2.24) is 10.2 Å². The van der Waals surface area contributed by atoms with Crippen LogP contribution < -0.4 is 10.6 Å². The fourth-order valence-electron chi connectivity index (χ4n) is 3.27. The maximum Gasteiger partial charge on any atom is 0.139 e. The highest BCUT2D eigenvalue weighted by Crippen LogP contribution is 2.41. The highest BCUT2D eigenvalue weighted by atomic mass is 32.1. The molecule has 0 unspecified atom stereocenters. The second kappa shape index (κ2) is 6.18. The molecule has 0 atom stereocenters. The van der Waals surface area contributed by atoms with Crippen molar-refractivity contribution < 1.29 is 4.39 Å². The molecular weight excluding hydrogens is 323 g/mol. The number of thiophene rings is 1. The number of hydrogen-bond donors (Lipinski definition) is 2. The van der Waals surface area contributed by atoms with E-state index in [0.717, 1.165) is 60.4 Å². The molecule has 126 valence electrons. The molecular formula is C18H21FN4S. The molecule has 1 fully saturated rings. The van der Waals surface area contributed by atoms with Crippen molar-refractivity contribution in [3.8, 4) is 0 Å². The third kappa shape index (κ3) is 2.70. The fourth-order valence-corrected chi connectivity index (χ4v) is 4.34. The van der Waals surface area contributed by atoms with Gasteiger partial charge in [0.1, 0.15) is 16.7 Å². The summed E-state index contributed by atoms with van der Waals surface area (Å²) in [5.74, 6) is 0.763. The first-order valence-electron chi connectivity index (χ1n) is 8.35. The average Bonchev–Trinajstić information content (AvgIpc) is 2.79. The Labute approximate surface area is 145 Å². The first kappa shape index (κ1) is 15.6. The van der Waals surface area contributed by atoms with Gasteiger partial charge in [0, 0.05) is 24.5 Å². The van der Waals surface area contributed by atoms with E-state index in [1.807, 2.05) is 0 Å². The number of nitrogens with zero attached hydrogens (tertiary/aromatic N) is 2. The van der Waals surface area contributed by atoms with Gasteiger partial charge in [0.15, 0.2) is 0 Å². The summed E-state index contributed by atoms with van der Waals surface area (Å²) in [6.07, 6.45) is 1.10. The number of fused-ring (bicyclic) bond motifs is 2. The predicted molar refractivity (Wildman–Crippen MR) is 98.7 cm³/mol. The van der Waals surface area contributed by atoms with Crippen molar-refractivity contribution in [3.63, 3.8) is 0 Å². The Hall–Kier alpha value is -1.92. The van der Waals surface area contributed by atoms with Crippen LogP contribution in [0, 0.1) is 19.7 Å². The molecule has 2 N–H and O–H groups in total. The summed E-state index contributed by atoms with van der Waals surface area (Å²) in [6, 6.07) is 4.76. The zero-order valence-electron chi connectivity index (χ0n) is 13.9. The summed E-state index contributed by atoms with van der Waals surface area (Å²) >= 11 is 1.72. The summed E-state index contributed by atoms with van der Waals surface area (Å²) in [5.41, 5.74) is 3.95. The molecule has 0 aliphatic carbocycles. The van der Waals surface area contributed by atoms with E-state index in [1.165, 1.54) is 22.6 Å². The van der Waals surface area contributed by atoms with E-state index in [0.29, 0.717) is 0 Å². The molecule has 0 bridgehead atoms. The Kier molecular flexibility index (Phi) is 4.02. The number of anilines is 2. The van der Waals surface area contributed by atoms with Gasteiger partial charge in [-0.2, -0.15) is 0 Å². The maximum absolute atomic E-state index is 13.7. The van der Waals surface area contributed by atoms with Gasteiger partial charge in [-0.1, -0.05) is 0 Å². The minimum atomic E-state index is -0.245. The quantitative estimate of drug-likeness (QED) is 0.760. The third-order valence-corrected chi connectivity index (χ3v) is 5.80. The summed E-state index contributed by atoms with van der Waals surface area (Å²) in [4.78, 5) is 8.58. The molecule has 1 aromatic carbocycles. The van der Waals surface area contributed by atoms with Crippen molar-refractivity contribution in [2.45, 2.75) is 20.3 Å². The lowest BCUT2D eigenvalue weighted by Crippen LogP contribution is -2.35. The van der Waals surface area contributed by atoms with Gasteiger partial charge in [-0.25, -0.2) is 9.38 Å². The molecule has 4 rings (SSSR count). The molecule has 0 saturated carbocycles. The number of aryl methyl sites for hydroxylation is 1. The molecule has 0 radical (unpaired) electrons. The smallest absolute Gasteiger partial charge is 0.139 e. The van der Waals surface area contributed by atoms with Crippen LogP contribution in [0.2, 0.25) is 0 Å². The molecule has 3 heterocycles. The molecule has 1 aromatic heterocycles. The Morgan fingerprint density at radius 2 is 2.08 bits per heavy atom. The van der Waals surface area contributed by atoms with Gasteiger partial charge < -0.3 is 15.5 Å². The lowest BCUT2D eigenvalue weighted by Gasteiger charge is -2.24. The van der Waals surface area contributed by atoms with Crippen LogP contribution in [0.15, 0.2) is 23.2 Å². The molecule has 2 aliphatic rings. The zero-order valence-corrected chi connectivity index (χ0v) is 14.8. The van der Waals surface area contributed by atoms with Crippen molar-refractivity contribution in [1.29, 1.82) is 0 Å². The van der Waals surface area contributed by atoms with Crippen LogP contribution in [0.5, 0.6) is 0 Å². The van der Waals surface area contributed by atoms with Gasteiger partial charge in [0.2, 0.25) is 0 Å². The van der Waals surface area contributed by atoms with Crippen LogP contribution in [0.25, 0.3) is 0 Å². The summed E-state index contributed by atoms with van der Waals surface area (Å²) < 4.78 is 13.7. The monoisotopic (exact) mass is 344 g/mol. The van der Waals surface area contributed by atoms with E-state index in [9.17, 15) is 4.39 Å². The van der Waals surface area contributed by atoms with Gasteiger partial charge in [0.05, 0.1) is 16.9 Å². The standard InChI is InChI=1S/C18H21FN4S/c1-11-12(2)24-18-16(11)17(23-8-3-6-20-7-9-23)21-14-5-4-13(19)10-15(14)22-18/h4-5,10,20,22H,3,6-9H2,1-2H3. The summed E-state index contributed by atoms with van der Waals surface area (Å²) in [5, 5.41) is 7.92. The number of halogens is 1. The average molecular weight is 344 g/mol. The highest BCUT2D eigenvalue weighted by Gasteiger charge is 2.26. The minimum Gasteiger partial charge on any atom is -0.355 e. The minimum absolute atomic E-state index is 0.245. The molecule has 2 aliphatic heterocycles. The van der Waals surface area contributed by atoms with E-state index < -0.39 is 0 Å². The molecule has 4 nitrogen and oxygen atoms in total. The number of hydrogen-bond acceptors (Lipinski definition) is 5. The topological polar surface area (TPSA) is 39.7 Å². The molecule has 0 amide bonds. The lowest BCUT2D eigenvalue weighted by molar-refractivity contribution is 0.447. The van der Waals surface area contributed by atoms with Gasteiger partial charge in [0.25, 0.3) is 0 Å². The van der Waals surface area contributed by atoms with Gasteiger partial charge in [-0.15, -0.1) is 11.3 Å². The second-order valence-electron chi connectivity index (χ2n) is 6.30. The number of benzene rings is 1. The molecule has 24 heavy (non-hydrogen) atoms. The van der Waals surface area contributed by atoms with Gasteiger partial charge in [-0.05, 0) is 50.6 Å². The Balaban J connectivity index is 1.88. The van der Waals surface area contributed by atoms with Crippen LogP contribution in [-0.4, -0.2) is 36.9 Å². The normalized spacial score (nSPS) is 17.3. The van der Waals surface area contributed by atoms with Crippen LogP contribution >= 0.6 is 11.3 Å². The maximum atomic E-state index is 13.7. The predicted octanol–water partition coefficient (Wildman–Crippen LogP) is 3.93. The van der Waals surface area contributed by atoms with Crippen molar-refractivity contribution in [2.24, 2.45) is 4.99 Å². The Morgan fingerprint density at radius 3 is 2.96 bits per heavy atom. The van der Waals surface area contributed by atoms with E-state index in [1.54, 1.807) is 17.4 Å². The molecule has 6 heteroatoms. The molecule has 0 spiro atoms. The SMILES string of the molecule is Cc1sc2c(c1C)C(N1CCCNCC1)=Nc1ccc(F)cc1N2. The van der Waals surface area contributed by atoms with Crippen LogP contribution in [0.3, 0.4) is 0 Å². The number of nitrogens with one attached hydrogen (secondary N) is 2. The number of amidine groups is 1. The van der Waals surface area contributed by atoms with Crippen LogP contribution in [0.4, 0.5) is 20.8 Å². The van der Waals surface area contributed by atoms with Crippen molar-refractivity contribution in [2.75, 3.05) is 31.5 Å². The Morgan fingerprint density at radius 1 is 1.21 bits per heavy atom. The second-order valence-corrected chi connectivity index (χ2v) is 7.52. The van der Waals surface area contributed by atoms with E-state index in [2.05, 4.69) is 29.4 Å². The Bertz CT molecular complexity index is 804. The zero-order chi connectivity index (χ0) is 16.7. The van der Waals surface area contributed by atoms with Crippen molar-refractivity contribution in [3.05, 3.63) is 40.0 Å².